The highest BCUT2D eigenvalue weighted by molar-refractivity contribution is 5.78. The maximum atomic E-state index is 11.2. The van der Waals surface area contributed by atoms with Crippen LogP contribution in [0, 0.1) is 11.3 Å². The fourth-order valence-electron chi connectivity index (χ4n) is 2.05. The Kier molecular flexibility index (Phi) is 4.93. The molecule has 0 radical (unpaired) electrons. The van der Waals surface area contributed by atoms with E-state index in [1.54, 1.807) is 24.3 Å². The van der Waals surface area contributed by atoms with Crippen molar-refractivity contribution in [1.82, 2.24) is 10.2 Å². The first-order valence-corrected chi connectivity index (χ1v) is 6.47. The molecule has 1 heterocycles. The molecule has 20 heavy (non-hydrogen) atoms. The van der Waals surface area contributed by atoms with E-state index in [2.05, 4.69) is 5.32 Å². The van der Waals surface area contributed by atoms with Crippen molar-refractivity contribution >= 4 is 5.91 Å². The number of carbonyl (C=O) groups is 1. The van der Waals surface area contributed by atoms with Gasteiger partial charge in [-0.25, -0.2) is 0 Å². The van der Waals surface area contributed by atoms with Crippen LogP contribution in [0.5, 0.6) is 5.75 Å². The molecule has 6 heteroatoms. The second-order valence-corrected chi connectivity index (χ2v) is 4.69. The molecule has 106 valence electrons. The van der Waals surface area contributed by atoms with Gasteiger partial charge >= 0.3 is 0 Å². The van der Waals surface area contributed by atoms with Crippen LogP contribution in [-0.2, 0) is 4.79 Å². The summed E-state index contributed by atoms with van der Waals surface area (Å²) in [5.74, 6) is 0.533. The summed E-state index contributed by atoms with van der Waals surface area (Å²) in [6, 6.07) is 8.82. The molecule has 0 saturated carbocycles. The lowest BCUT2D eigenvalue weighted by atomic mass is 10.2. The molecule has 6 nitrogen and oxygen atoms in total. The number of nitrogens with one attached hydrogen (secondary N) is 1. The van der Waals surface area contributed by atoms with Gasteiger partial charge in [0.05, 0.1) is 18.2 Å². The zero-order valence-corrected chi connectivity index (χ0v) is 11.1. The monoisotopic (exact) mass is 275 g/mol. The minimum Gasteiger partial charge on any atom is -0.491 e. The Balaban J connectivity index is 1.78. The molecule has 2 N–H and O–H groups in total. The van der Waals surface area contributed by atoms with E-state index < -0.39 is 6.10 Å². The van der Waals surface area contributed by atoms with Gasteiger partial charge in [-0.2, -0.15) is 5.26 Å². The maximum Gasteiger partial charge on any atom is 0.234 e. The molecule has 1 aliphatic heterocycles. The molecular weight excluding hydrogens is 258 g/mol. The predicted molar refractivity (Wildman–Crippen MR) is 72.1 cm³/mol. The number of aliphatic hydroxyl groups is 1. The number of hydrogen-bond acceptors (Lipinski definition) is 5. The van der Waals surface area contributed by atoms with E-state index in [1.807, 2.05) is 11.0 Å². The molecule has 1 saturated heterocycles. The van der Waals surface area contributed by atoms with Crippen molar-refractivity contribution in [2.24, 2.45) is 0 Å². The quantitative estimate of drug-likeness (QED) is 0.772. The Labute approximate surface area is 117 Å². The molecule has 1 atom stereocenters. The number of piperazine rings is 1. The van der Waals surface area contributed by atoms with Gasteiger partial charge in [0.15, 0.2) is 0 Å². The number of hydrogen-bond donors (Lipinski definition) is 2. The molecule has 0 bridgehead atoms. The van der Waals surface area contributed by atoms with Crippen LogP contribution < -0.4 is 10.1 Å². The first-order chi connectivity index (χ1) is 9.67. The Morgan fingerprint density at radius 1 is 1.55 bits per heavy atom. The number of nitrogens with zero attached hydrogens (tertiary/aromatic N) is 2. The number of amides is 1. The molecule has 1 aliphatic rings. The number of carbonyl (C=O) groups excluding carboxylic acids is 1. The Morgan fingerprint density at radius 2 is 2.40 bits per heavy atom. The largest absolute Gasteiger partial charge is 0.491 e. The topological polar surface area (TPSA) is 85.6 Å². The van der Waals surface area contributed by atoms with Gasteiger partial charge in [-0.15, -0.1) is 0 Å². The van der Waals surface area contributed by atoms with Crippen molar-refractivity contribution in [2.45, 2.75) is 6.10 Å². The van der Waals surface area contributed by atoms with Crippen LogP contribution in [0.1, 0.15) is 5.56 Å². The molecular formula is C14H17N3O3. The van der Waals surface area contributed by atoms with Crippen molar-refractivity contribution in [3.05, 3.63) is 29.8 Å². The lowest BCUT2D eigenvalue weighted by Gasteiger charge is -2.28. The third kappa shape index (κ3) is 4.23. The molecule has 0 aromatic heterocycles. The van der Waals surface area contributed by atoms with Crippen LogP contribution in [0.3, 0.4) is 0 Å². The van der Waals surface area contributed by atoms with Gasteiger partial charge in [0.25, 0.3) is 0 Å². The van der Waals surface area contributed by atoms with Crippen LogP contribution in [-0.4, -0.2) is 54.8 Å². The molecule has 0 aliphatic carbocycles. The normalized spacial score (nSPS) is 17.1. The van der Waals surface area contributed by atoms with Crippen LogP contribution in [0.25, 0.3) is 0 Å². The summed E-state index contributed by atoms with van der Waals surface area (Å²) >= 11 is 0. The average molecular weight is 275 g/mol. The number of rotatable bonds is 5. The fraction of sp³-hybridized carbons (Fsp3) is 0.429. The van der Waals surface area contributed by atoms with E-state index in [-0.39, 0.29) is 12.5 Å². The maximum absolute atomic E-state index is 11.2. The van der Waals surface area contributed by atoms with Gasteiger partial charge in [-0.05, 0) is 18.2 Å². The minimum absolute atomic E-state index is 0.0221. The number of benzene rings is 1. The first-order valence-electron chi connectivity index (χ1n) is 6.47. The zero-order valence-electron chi connectivity index (χ0n) is 11.1. The van der Waals surface area contributed by atoms with Crippen LogP contribution >= 0.6 is 0 Å². The Hall–Kier alpha value is -2.10. The third-order valence-electron chi connectivity index (χ3n) is 2.99. The van der Waals surface area contributed by atoms with E-state index >= 15 is 0 Å². The Morgan fingerprint density at radius 3 is 3.15 bits per heavy atom. The summed E-state index contributed by atoms with van der Waals surface area (Å²) in [7, 11) is 0. The van der Waals surface area contributed by atoms with E-state index in [1.165, 1.54) is 0 Å². The van der Waals surface area contributed by atoms with Gasteiger partial charge in [-0.3, -0.25) is 9.69 Å². The SMILES string of the molecule is N#Cc1cccc(OCC(O)CN2CCNC(=O)C2)c1. The van der Waals surface area contributed by atoms with E-state index in [0.717, 1.165) is 6.54 Å². The van der Waals surface area contributed by atoms with E-state index in [9.17, 15) is 9.90 Å². The highest BCUT2D eigenvalue weighted by Gasteiger charge is 2.19. The molecule has 0 spiro atoms. The number of ether oxygens (including phenoxy) is 1. The second-order valence-electron chi connectivity index (χ2n) is 4.69. The number of aliphatic hydroxyl groups excluding tert-OH is 1. The van der Waals surface area contributed by atoms with E-state index in [0.29, 0.717) is 30.9 Å². The van der Waals surface area contributed by atoms with Gasteiger partial charge < -0.3 is 15.2 Å². The molecule has 2 rings (SSSR count). The lowest BCUT2D eigenvalue weighted by molar-refractivity contribution is -0.124. The molecule has 1 aromatic carbocycles. The van der Waals surface area contributed by atoms with Crippen molar-refractivity contribution in [3.8, 4) is 11.8 Å². The van der Waals surface area contributed by atoms with Crippen LogP contribution in [0.4, 0.5) is 0 Å². The lowest BCUT2D eigenvalue weighted by Crippen LogP contribution is -2.50. The summed E-state index contributed by atoms with van der Waals surface area (Å²) in [5, 5.41) is 21.4. The summed E-state index contributed by atoms with van der Waals surface area (Å²) in [6.07, 6.45) is -0.674. The van der Waals surface area contributed by atoms with Gasteiger partial charge in [0.2, 0.25) is 5.91 Å². The first kappa shape index (κ1) is 14.3. The third-order valence-corrected chi connectivity index (χ3v) is 2.99. The predicted octanol–water partition coefficient (Wildman–Crippen LogP) is -0.270. The average Bonchev–Trinajstić information content (AvgIpc) is 2.45. The van der Waals surface area contributed by atoms with Crippen molar-refractivity contribution in [2.75, 3.05) is 32.8 Å². The molecule has 1 aromatic rings. The van der Waals surface area contributed by atoms with Gasteiger partial charge in [0, 0.05) is 19.6 Å². The van der Waals surface area contributed by atoms with Crippen molar-refractivity contribution in [3.63, 3.8) is 0 Å². The highest BCUT2D eigenvalue weighted by atomic mass is 16.5. The summed E-state index contributed by atoms with van der Waals surface area (Å²) in [4.78, 5) is 13.1. The standard InChI is InChI=1S/C14H17N3O3/c15-7-11-2-1-3-13(6-11)20-10-12(18)8-17-5-4-16-14(19)9-17/h1-3,6,12,18H,4-5,8-10H2,(H,16,19). The van der Waals surface area contributed by atoms with Gasteiger partial charge in [0.1, 0.15) is 18.5 Å². The summed E-state index contributed by atoms with van der Waals surface area (Å²) in [5.41, 5.74) is 0.518. The fourth-order valence-corrected chi connectivity index (χ4v) is 2.05. The minimum atomic E-state index is -0.674. The van der Waals surface area contributed by atoms with E-state index in [4.69, 9.17) is 10.00 Å². The number of β-amino-alcohol motifs (C(OH)–C–C–N with tert-alkyl or cyclic N) is 1. The summed E-state index contributed by atoms with van der Waals surface area (Å²) < 4.78 is 5.45. The molecule has 1 amide bonds. The molecule has 1 unspecified atom stereocenters. The van der Waals surface area contributed by atoms with Crippen molar-refractivity contribution < 1.29 is 14.6 Å². The molecule has 1 fully saturated rings. The zero-order chi connectivity index (χ0) is 14.4. The van der Waals surface area contributed by atoms with Gasteiger partial charge in [-0.1, -0.05) is 6.07 Å². The summed E-state index contributed by atoms with van der Waals surface area (Å²) in [6.45, 7) is 2.17. The van der Waals surface area contributed by atoms with Crippen molar-refractivity contribution in [1.29, 1.82) is 5.26 Å². The van der Waals surface area contributed by atoms with Crippen LogP contribution in [0.2, 0.25) is 0 Å². The van der Waals surface area contributed by atoms with Crippen LogP contribution in [0.15, 0.2) is 24.3 Å². The second kappa shape index (κ2) is 6.89. The Bertz CT molecular complexity index is 513. The smallest absolute Gasteiger partial charge is 0.234 e. The number of nitriles is 1. The highest BCUT2D eigenvalue weighted by Crippen LogP contribution is 2.12.